The van der Waals surface area contributed by atoms with E-state index in [0.29, 0.717) is 12.8 Å². The number of carboxylic acids is 2. The first-order valence-corrected chi connectivity index (χ1v) is 22.4. The number of nitrogens with zero attached hydrogens (tertiary/aromatic N) is 3. The van der Waals surface area contributed by atoms with Crippen LogP contribution in [-0.4, -0.2) is 119 Å². The molecule has 0 aliphatic carbocycles. The molecular formula is C38H67N7O12S. The molecule has 0 radical (unpaired) electrons. The first-order valence-electron chi connectivity index (χ1n) is 20.8. The molecule has 1 rings (SSSR count). The Bertz CT molecular complexity index is 1430. The standard InChI is InChI=1S/C38H67N7O12S/c1-2-17-32(38(52)53)40-35(48)22-21-30(37(50)51)28-31(46)29-57-26-25-56-24-23-39-34(47)20-16-27-58(54,55)43-36(49)19-15-13-11-9-7-5-3-4-6-8-10-12-14-18-33-41-44-45-42-33/h30,32H,2-29H2,1H3,(H,39,47)(H,40,48)(H,43,49)(H,50,51)(H,52,53)(H,41,42,44,45). The van der Waals surface area contributed by atoms with E-state index in [0.717, 1.165) is 44.3 Å². The summed E-state index contributed by atoms with van der Waals surface area (Å²) in [6, 6.07) is -1.05. The number of rotatable bonds is 39. The fourth-order valence-electron chi connectivity index (χ4n) is 6.02. The number of carbonyl (C=O) groups excluding carboxylic acids is 4. The lowest BCUT2D eigenvalue weighted by Crippen LogP contribution is -2.40. The minimum atomic E-state index is -3.84. The van der Waals surface area contributed by atoms with Crippen LogP contribution in [0, 0.1) is 5.92 Å². The van der Waals surface area contributed by atoms with Crippen molar-refractivity contribution in [3.8, 4) is 0 Å². The van der Waals surface area contributed by atoms with Gasteiger partial charge in [-0.15, -0.1) is 10.2 Å². The number of ether oxygens (including phenoxy) is 2. The van der Waals surface area contributed by atoms with E-state index in [4.69, 9.17) is 14.6 Å². The number of tetrazole rings is 1. The topological polar surface area (TPSA) is 286 Å². The Kier molecular flexibility index (Phi) is 29.5. The molecule has 0 saturated heterocycles. The lowest BCUT2D eigenvalue weighted by atomic mass is 9.97. The Labute approximate surface area is 342 Å². The minimum absolute atomic E-state index is 0.0330. The first-order chi connectivity index (χ1) is 27.8. The zero-order valence-electron chi connectivity index (χ0n) is 34.2. The fraction of sp³-hybridized carbons (Fsp3) is 0.816. The van der Waals surface area contributed by atoms with Gasteiger partial charge in [0.15, 0.2) is 11.6 Å². The van der Waals surface area contributed by atoms with Crippen molar-refractivity contribution in [3.63, 3.8) is 0 Å². The van der Waals surface area contributed by atoms with E-state index in [-0.39, 0.29) is 89.6 Å². The second-order valence-corrected chi connectivity index (χ2v) is 16.3. The van der Waals surface area contributed by atoms with Crippen LogP contribution in [0.1, 0.15) is 148 Å². The van der Waals surface area contributed by atoms with E-state index < -0.39 is 51.5 Å². The first kappa shape index (κ1) is 52.0. The average molecular weight is 846 g/mol. The molecule has 2 atom stereocenters. The molecule has 1 heterocycles. The normalized spacial score (nSPS) is 12.4. The molecule has 0 fully saturated rings. The lowest BCUT2D eigenvalue weighted by Gasteiger charge is -2.15. The number of ketones is 1. The highest BCUT2D eigenvalue weighted by Crippen LogP contribution is 2.15. The van der Waals surface area contributed by atoms with Crippen LogP contribution in [0.4, 0.5) is 0 Å². The largest absolute Gasteiger partial charge is 0.481 e. The number of H-pyrrole nitrogens is 1. The number of hydrogen-bond donors (Lipinski definition) is 6. The van der Waals surface area contributed by atoms with Gasteiger partial charge in [-0.25, -0.2) is 13.2 Å². The molecule has 332 valence electrons. The molecule has 0 aliphatic rings. The van der Waals surface area contributed by atoms with Crippen molar-refractivity contribution in [1.29, 1.82) is 0 Å². The van der Waals surface area contributed by atoms with Crippen molar-refractivity contribution in [3.05, 3.63) is 5.82 Å². The van der Waals surface area contributed by atoms with Gasteiger partial charge in [-0.2, -0.15) is 5.21 Å². The SMILES string of the molecule is CCCC(NC(=O)CCC(CC(=O)COCCOCCNC(=O)CCCS(=O)(=O)NC(=O)CCCCCCCCCCCCCCCc1nn[nH]n1)C(=O)O)C(=O)O. The van der Waals surface area contributed by atoms with Gasteiger partial charge in [0.1, 0.15) is 12.6 Å². The third-order valence-corrected chi connectivity index (χ3v) is 10.6. The number of nitrogens with one attached hydrogen (secondary N) is 4. The number of sulfonamides is 1. The number of aromatic amines is 1. The smallest absolute Gasteiger partial charge is 0.326 e. The zero-order chi connectivity index (χ0) is 42.9. The van der Waals surface area contributed by atoms with Gasteiger partial charge in [-0.1, -0.05) is 89.2 Å². The van der Waals surface area contributed by atoms with Crippen molar-refractivity contribution in [2.75, 3.05) is 38.7 Å². The maximum atomic E-state index is 12.3. The zero-order valence-corrected chi connectivity index (χ0v) is 35.0. The number of aromatic nitrogens is 4. The molecule has 19 nitrogen and oxygen atoms in total. The van der Waals surface area contributed by atoms with Crippen LogP contribution >= 0.6 is 0 Å². The van der Waals surface area contributed by atoms with Gasteiger partial charge in [-0.3, -0.25) is 28.7 Å². The van der Waals surface area contributed by atoms with Gasteiger partial charge in [0.05, 0.1) is 31.5 Å². The number of aliphatic carboxylic acids is 2. The fourth-order valence-corrected chi connectivity index (χ4v) is 7.10. The van der Waals surface area contributed by atoms with Crippen molar-refractivity contribution in [2.24, 2.45) is 5.92 Å². The Morgan fingerprint density at radius 1 is 0.707 bits per heavy atom. The van der Waals surface area contributed by atoms with Crippen molar-refractivity contribution in [1.82, 2.24) is 36.0 Å². The molecule has 1 aromatic rings. The number of aryl methyl sites for hydroxylation is 1. The third kappa shape index (κ3) is 29.2. The van der Waals surface area contributed by atoms with Crippen molar-refractivity contribution >= 4 is 45.5 Å². The second kappa shape index (κ2) is 32.9. The van der Waals surface area contributed by atoms with Gasteiger partial charge in [0.2, 0.25) is 27.7 Å². The van der Waals surface area contributed by atoms with Gasteiger partial charge in [0, 0.05) is 38.6 Å². The molecule has 3 amide bonds. The molecule has 0 bridgehead atoms. The molecule has 0 aliphatic heterocycles. The summed E-state index contributed by atoms with van der Waals surface area (Å²) in [5.74, 6) is -5.11. The number of carboxylic acid groups (broad SMARTS) is 2. The van der Waals surface area contributed by atoms with Crippen LogP contribution in [0.2, 0.25) is 0 Å². The van der Waals surface area contributed by atoms with E-state index in [1.807, 2.05) is 0 Å². The van der Waals surface area contributed by atoms with Crippen LogP contribution in [0.3, 0.4) is 0 Å². The van der Waals surface area contributed by atoms with Crippen LogP contribution in [0.15, 0.2) is 0 Å². The highest BCUT2D eigenvalue weighted by molar-refractivity contribution is 7.90. The Morgan fingerprint density at radius 3 is 1.90 bits per heavy atom. The maximum Gasteiger partial charge on any atom is 0.326 e. The van der Waals surface area contributed by atoms with Crippen LogP contribution in [-0.2, 0) is 54.7 Å². The summed E-state index contributed by atoms with van der Waals surface area (Å²) in [5.41, 5.74) is 0. The molecule has 0 saturated carbocycles. The number of hydrogen-bond acceptors (Lipinski definition) is 13. The van der Waals surface area contributed by atoms with Gasteiger partial charge >= 0.3 is 11.9 Å². The summed E-state index contributed by atoms with van der Waals surface area (Å²) in [7, 11) is -3.84. The molecule has 0 spiro atoms. The maximum absolute atomic E-state index is 12.3. The number of amides is 3. The quantitative estimate of drug-likeness (QED) is 0.0518. The molecule has 20 heteroatoms. The molecule has 1 aromatic heterocycles. The number of Topliss-reactive ketones (excluding diaryl/α,β-unsaturated/α-hetero) is 1. The van der Waals surface area contributed by atoms with E-state index in [9.17, 15) is 42.3 Å². The number of unbranched alkanes of at least 4 members (excludes halogenated alkanes) is 12. The van der Waals surface area contributed by atoms with Gasteiger partial charge in [0.25, 0.3) is 0 Å². The molecule has 0 aromatic carbocycles. The summed E-state index contributed by atoms with van der Waals surface area (Å²) < 4.78 is 37.2. The summed E-state index contributed by atoms with van der Waals surface area (Å²) >= 11 is 0. The predicted molar refractivity (Wildman–Crippen MR) is 213 cm³/mol. The van der Waals surface area contributed by atoms with Crippen LogP contribution < -0.4 is 15.4 Å². The minimum Gasteiger partial charge on any atom is -0.481 e. The van der Waals surface area contributed by atoms with E-state index in [1.165, 1.54) is 44.9 Å². The Morgan fingerprint density at radius 2 is 1.31 bits per heavy atom. The van der Waals surface area contributed by atoms with E-state index >= 15 is 0 Å². The van der Waals surface area contributed by atoms with Crippen LogP contribution in [0.5, 0.6) is 0 Å². The average Bonchev–Trinajstić information content (AvgIpc) is 3.69. The molecule has 6 N–H and O–H groups in total. The highest BCUT2D eigenvalue weighted by atomic mass is 32.2. The molecule has 58 heavy (non-hydrogen) atoms. The highest BCUT2D eigenvalue weighted by Gasteiger charge is 2.24. The molecular weight excluding hydrogens is 779 g/mol. The predicted octanol–water partition coefficient (Wildman–Crippen LogP) is 3.39. The van der Waals surface area contributed by atoms with Crippen molar-refractivity contribution in [2.45, 2.75) is 154 Å². The van der Waals surface area contributed by atoms with Gasteiger partial charge < -0.3 is 30.3 Å². The molecule has 2 unspecified atom stereocenters. The summed E-state index contributed by atoms with van der Waals surface area (Å²) in [4.78, 5) is 71.2. The lowest BCUT2D eigenvalue weighted by molar-refractivity contribution is -0.145. The monoisotopic (exact) mass is 845 g/mol. The number of carbonyl (C=O) groups is 6. The summed E-state index contributed by atoms with van der Waals surface area (Å²) in [5, 5.41) is 37.5. The van der Waals surface area contributed by atoms with E-state index in [2.05, 4.69) is 36.0 Å². The Balaban J connectivity index is 1.98. The third-order valence-electron chi connectivity index (χ3n) is 9.24. The Hall–Kier alpha value is -4.04. The van der Waals surface area contributed by atoms with Crippen LogP contribution in [0.25, 0.3) is 0 Å². The summed E-state index contributed by atoms with van der Waals surface area (Å²) in [6.45, 7) is 1.84. The van der Waals surface area contributed by atoms with Gasteiger partial charge in [-0.05, 0) is 32.1 Å². The second-order valence-electron chi connectivity index (χ2n) is 14.5. The van der Waals surface area contributed by atoms with E-state index in [1.54, 1.807) is 6.92 Å². The van der Waals surface area contributed by atoms with Crippen molar-refractivity contribution < 1.29 is 56.9 Å². The summed E-state index contributed by atoms with van der Waals surface area (Å²) in [6.07, 6.45) is 15.5.